The Morgan fingerprint density at radius 3 is 2.61 bits per heavy atom. The molecule has 6 nitrogen and oxygen atoms in total. The average molecular weight is 253 g/mol. The summed E-state index contributed by atoms with van der Waals surface area (Å²) in [6.07, 6.45) is -0.991. The van der Waals surface area contributed by atoms with E-state index in [9.17, 15) is 9.59 Å². The zero-order valence-electron chi connectivity index (χ0n) is 10.2. The zero-order valence-corrected chi connectivity index (χ0v) is 10.2. The van der Waals surface area contributed by atoms with Crippen molar-refractivity contribution >= 4 is 17.6 Å². The van der Waals surface area contributed by atoms with Gasteiger partial charge >= 0.3 is 11.9 Å². The first kappa shape index (κ1) is 13.8. The van der Waals surface area contributed by atoms with Crippen LogP contribution in [0, 0.1) is 0 Å². The summed E-state index contributed by atoms with van der Waals surface area (Å²) in [5.41, 5.74) is 6.04. The van der Waals surface area contributed by atoms with Gasteiger partial charge in [0.25, 0.3) is 0 Å². The second-order valence-electron chi connectivity index (χ2n) is 3.57. The minimum Gasteiger partial charge on any atom is -0.494 e. The highest BCUT2D eigenvalue weighted by molar-refractivity contribution is 5.95. The first-order valence-electron chi connectivity index (χ1n) is 5.37. The van der Waals surface area contributed by atoms with Gasteiger partial charge in [0.1, 0.15) is 5.56 Å². The SMILES string of the molecule is CCC(OC(=O)c1cccc(N)c1OC)C(=O)O. The van der Waals surface area contributed by atoms with E-state index in [2.05, 4.69) is 0 Å². The number of esters is 1. The van der Waals surface area contributed by atoms with Crippen molar-refractivity contribution in [2.24, 2.45) is 0 Å². The molecule has 1 aromatic rings. The van der Waals surface area contributed by atoms with Crippen LogP contribution in [0.5, 0.6) is 5.75 Å². The minimum absolute atomic E-state index is 0.109. The summed E-state index contributed by atoms with van der Waals surface area (Å²) in [5.74, 6) is -1.77. The lowest BCUT2D eigenvalue weighted by atomic mass is 10.1. The molecule has 0 aliphatic heterocycles. The van der Waals surface area contributed by atoms with Gasteiger partial charge in [-0.3, -0.25) is 0 Å². The molecule has 0 aliphatic carbocycles. The summed E-state index contributed by atoms with van der Waals surface area (Å²) in [6.45, 7) is 1.61. The fraction of sp³-hybridized carbons (Fsp3) is 0.333. The average Bonchev–Trinajstić information content (AvgIpc) is 2.34. The van der Waals surface area contributed by atoms with E-state index >= 15 is 0 Å². The molecule has 98 valence electrons. The molecule has 0 saturated carbocycles. The van der Waals surface area contributed by atoms with Gasteiger partial charge in [0, 0.05) is 0 Å². The fourth-order valence-corrected chi connectivity index (χ4v) is 1.44. The smallest absolute Gasteiger partial charge is 0.345 e. The number of nitrogen functional groups attached to an aromatic ring is 1. The minimum atomic E-state index is -1.19. The maximum absolute atomic E-state index is 11.8. The first-order chi connectivity index (χ1) is 8.51. The Kier molecular flexibility index (Phi) is 4.53. The Labute approximate surface area is 104 Å². The number of benzene rings is 1. The van der Waals surface area contributed by atoms with Crippen LogP contribution in [0.25, 0.3) is 0 Å². The van der Waals surface area contributed by atoms with E-state index in [1.807, 2.05) is 0 Å². The van der Waals surface area contributed by atoms with Crippen LogP contribution in [0.15, 0.2) is 18.2 Å². The lowest BCUT2D eigenvalue weighted by Crippen LogP contribution is -2.26. The number of carbonyl (C=O) groups is 2. The molecule has 3 N–H and O–H groups in total. The predicted molar refractivity (Wildman–Crippen MR) is 64.5 cm³/mol. The second kappa shape index (κ2) is 5.90. The second-order valence-corrected chi connectivity index (χ2v) is 3.57. The summed E-state index contributed by atoms with van der Waals surface area (Å²) in [5, 5.41) is 8.82. The number of rotatable bonds is 5. The van der Waals surface area contributed by atoms with Crippen LogP contribution in [0.4, 0.5) is 5.69 Å². The molecule has 0 fully saturated rings. The lowest BCUT2D eigenvalue weighted by Gasteiger charge is -2.14. The lowest BCUT2D eigenvalue weighted by molar-refractivity contribution is -0.147. The van der Waals surface area contributed by atoms with Crippen LogP contribution < -0.4 is 10.5 Å². The van der Waals surface area contributed by atoms with Crippen molar-refractivity contribution in [1.29, 1.82) is 0 Å². The number of carboxylic acids is 1. The maximum atomic E-state index is 11.8. The fourth-order valence-electron chi connectivity index (χ4n) is 1.44. The molecular formula is C12H15NO5. The van der Waals surface area contributed by atoms with Crippen LogP contribution in [-0.4, -0.2) is 30.3 Å². The third-order valence-electron chi connectivity index (χ3n) is 2.37. The number of anilines is 1. The Morgan fingerprint density at radius 1 is 1.44 bits per heavy atom. The van der Waals surface area contributed by atoms with Crippen LogP contribution >= 0.6 is 0 Å². The highest BCUT2D eigenvalue weighted by atomic mass is 16.6. The van der Waals surface area contributed by atoms with E-state index in [0.29, 0.717) is 0 Å². The third kappa shape index (κ3) is 2.91. The van der Waals surface area contributed by atoms with E-state index in [0.717, 1.165) is 0 Å². The Balaban J connectivity index is 2.97. The largest absolute Gasteiger partial charge is 0.494 e. The monoisotopic (exact) mass is 253 g/mol. The molecular weight excluding hydrogens is 238 g/mol. The third-order valence-corrected chi connectivity index (χ3v) is 2.37. The van der Waals surface area contributed by atoms with E-state index in [1.54, 1.807) is 19.1 Å². The number of hydrogen-bond acceptors (Lipinski definition) is 5. The molecule has 0 aromatic heterocycles. The Hall–Kier alpha value is -2.24. The number of aliphatic carboxylic acids is 1. The van der Waals surface area contributed by atoms with Gasteiger partial charge in [0.15, 0.2) is 11.9 Å². The number of carboxylic acid groups (broad SMARTS) is 1. The molecule has 18 heavy (non-hydrogen) atoms. The first-order valence-corrected chi connectivity index (χ1v) is 5.37. The van der Waals surface area contributed by atoms with Crippen molar-refractivity contribution < 1.29 is 24.2 Å². The van der Waals surface area contributed by atoms with Crippen molar-refractivity contribution in [3.05, 3.63) is 23.8 Å². The summed E-state index contributed by atoms with van der Waals surface area (Å²) < 4.78 is 9.87. The summed E-state index contributed by atoms with van der Waals surface area (Å²) >= 11 is 0. The molecule has 1 atom stereocenters. The normalized spacial score (nSPS) is 11.7. The maximum Gasteiger partial charge on any atom is 0.345 e. The quantitative estimate of drug-likeness (QED) is 0.606. The Bertz CT molecular complexity index is 458. The zero-order chi connectivity index (χ0) is 13.7. The van der Waals surface area contributed by atoms with Gasteiger partial charge in [0.05, 0.1) is 12.8 Å². The number of carbonyl (C=O) groups excluding carboxylic acids is 1. The summed E-state index contributed by atoms with van der Waals surface area (Å²) in [7, 11) is 1.37. The topological polar surface area (TPSA) is 98.9 Å². The number of hydrogen-bond donors (Lipinski definition) is 2. The summed E-state index contributed by atoms with van der Waals surface area (Å²) in [6, 6.07) is 4.60. The van der Waals surface area contributed by atoms with Crippen LogP contribution in [-0.2, 0) is 9.53 Å². The molecule has 1 rings (SSSR count). The van der Waals surface area contributed by atoms with Crippen LogP contribution in [0.3, 0.4) is 0 Å². The molecule has 0 radical (unpaired) electrons. The van der Waals surface area contributed by atoms with Crippen molar-refractivity contribution in [2.45, 2.75) is 19.4 Å². The van der Waals surface area contributed by atoms with E-state index in [4.69, 9.17) is 20.3 Å². The highest BCUT2D eigenvalue weighted by Gasteiger charge is 2.23. The number of methoxy groups -OCH3 is 1. The van der Waals surface area contributed by atoms with E-state index < -0.39 is 18.0 Å². The van der Waals surface area contributed by atoms with Gasteiger partial charge in [-0.2, -0.15) is 0 Å². The predicted octanol–water partition coefficient (Wildman–Crippen LogP) is 1.30. The van der Waals surface area contributed by atoms with Gasteiger partial charge in [-0.25, -0.2) is 9.59 Å². The van der Waals surface area contributed by atoms with Crippen molar-refractivity contribution in [1.82, 2.24) is 0 Å². The van der Waals surface area contributed by atoms with Crippen LogP contribution in [0.2, 0.25) is 0 Å². The van der Waals surface area contributed by atoms with Crippen molar-refractivity contribution in [3.8, 4) is 5.75 Å². The van der Waals surface area contributed by atoms with Gasteiger partial charge < -0.3 is 20.3 Å². The van der Waals surface area contributed by atoms with Gasteiger partial charge in [-0.05, 0) is 18.6 Å². The number of para-hydroxylation sites is 1. The highest BCUT2D eigenvalue weighted by Crippen LogP contribution is 2.26. The molecule has 0 heterocycles. The Morgan fingerprint density at radius 2 is 2.11 bits per heavy atom. The van der Waals surface area contributed by atoms with Gasteiger partial charge in [0.2, 0.25) is 0 Å². The molecule has 0 saturated heterocycles. The molecule has 0 bridgehead atoms. The molecule has 1 unspecified atom stereocenters. The molecule has 0 amide bonds. The van der Waals surface area contributed by atoms with Crippen molar-refractivity contribution in [3.63, 3.8) is 0 Å². The molecule has 1 aromatic carbocycles. The van der Waals surface area contributed by atoms with Gasteiger partial charge in [-0.15, -0.1) is 0 Å². The number of nitrogens with two attached hydrogens (primary N) is 1. The molecule has 0 aliphatic rings. The van der Waals surface area contributed by atoms with Gasteiger partial charge in [-0.1, -0.05) is 13.0 Å². The summed E-state index contributed by atoms with van der Waals surface area (Å²) in [4.78, 5) is 22.6. The molecule has 6 heteroatoms. The van der Waals surface area contributed by atoms with Crippen molar-refractivity contribution in [2.75, 3.05) is 12.8 Å². The molecule has 0 spiro atoms. The standard InChI is InChI=1S/C12H15NO5/c1-3-9(11(14)15)18-12(16)7-5-4-6-8(13)10(7)17-2/h4-6,9H,3,13H2,1-2H3,(H,14,15). The van der Waals surface area contributed by atoms with Crippen LogP contribution in [0.1, 0.15) is 23.7 Å². The number of ether oxygens (including phenoxy) is 2. The van der Waals surface area contributed by atoms with E-state index in [1.165, 1.54) is 13.2 Å². The van der Waals surface area contributed by atoms with E-state index in [-0.39, 0.29) is 23.4 Å².